The molecular weight excluding hydrogens is 378 g/mol. The van der Waals surface area contributed by atoms with Gasteiger partial charge in [0, 0.05) is 0 Å². The normalized spacial score (nSPS) is 11.3. The predicted molar refractivity (Wildman–Crippen MR) is 122 cm³/mol. The van der Waals surface area contributed by atoms with E-state index in [1.54, 1.807) is 13.3 Å². The van der Waals surface area contributed by atoms with E-state index in [0.29, 0.717) is 13.2 Å². The Hall–Kier alpha value is -2.79. The van der Waals surface area contributed by atoms with Crippen LogP contribution in [0.2, 0.25) is 0 Å². The summed E-state index contributed by atoms with van der Waals surface area (Å²) in [7, 11) is 1.54. The van der Waals surface area contributed by atoms with Crippen LogP contribution in [0.3, 0.4) is 0 Å². The number of aryl methyl sites for hydroxylation is 3. The minimum absolute atomic E-state index is 0.258. The predicted octanol–water partition coefficient (Wildman–Crippen LogP) is 5.61. The molecule has 0 fully saturated rings. The summed E-state index contributed by atoms with van der Waals surface area (Å²) < 4.78 is 17.2. The maximum Gasteiger partial charge on any atom is 0.189 e. The van der Waals surface area contributed by atoms with Crippen molar-refractivity contribution in [1.82, 2.24) is 0 Å². The van der Waals surface area contributed by atoms with Gasteiger partial charge in [-0.1, -0.05) is 41.6 Å². The zero-order valence-corrected chi connectivity index (χ0v) is 18.5. The smallest absolute Gasteiger partial charge is 0.189 e. The van der Waals surface area contributed by atoms with E-state index in [1.165, 1.54) is 5.56 Å². The van der Waals surface area contributed by atoms with Gasteiger partial charge < -0.3 is 19.0 Å². The van der Waals surface area contributed by atoms with Crippen LogP contribution >= 0.6 is 0 Å². The molecule has 0 radical (unpaired) electrons. The van der Waals surface area contributed by atoms with Crippen LogP contribution in [0, 0.1) is 13.8 Å². The highest BCUT2D eigenvalue weighted by molar-refractivity contribution is 5.79. The van der Waals surface area contributed by atoms with Crippen LogP contribution in [0.25, 0.3) is 0 Å². The zero-order valence-electron chi connectivity index (χ0n) is 18.5. The number of unbranched alkanes of at least 4 members (excludes halogenated alkanes) is 1. The van der Waals surface area contributed by atoms with Crippen LogP contribution in [0.15, 0.2) is 53.7 Å². The third kappa shape index (κ3) is 8.29. The Morgan fingerprint density at radius 2 is 1.70 bits per heavy atom. The van der Waals surface area contributed by atoms with Gasteiger partial charge in [0.1, 0.15) is 25.2 Å². The zero-order chi connectivity index (χ0) is 21.6. The quantitative estimate of drug-likeness (QED) is 0.141. The molecule has 0 aliphatic rings. The van der Waals surface area contributed by atoms with E-state index >= 15 is 0 Å². The Morgan fingerprint density at radius 3 is 2.37 bits per heavy atom. The third-order valence-corrected chi connectivity index (χ3v) is 4.59. The first-order valence-corrected chi connectivity index (χ1v) is 10.3. The second-order valence-electron chi connectivity index (χ2n) is 7.05. The maximum atomic E-state index is 5.84. The summed E-state index contributed by atoms with van der Waals surface area (Å²) in [6.45, 7) is 7.54. The number of allylic oxidation sites excluding steroid dienone is 1. The molecule has 0 aromatic heterocycles. The molecule has 0 aliphatic carbocycles. The first kappa shape index (κ1) is 23.5. The van der Waals surface area contributed by atoms with Crippen molar-refractivity contribution in [3.63, 3.8) is 0 Å². The summed E-state index contributed by atoms with van der Waals surface area (Å²) in [5, 5.41) is 3.77. The number of hydrogen-bond acceptors (Lipinski definition) is 5. The van der Waals surface area contributed by atoms with E-state index in [-0.39, 0.29) is 6.79 Å². The number of rotatable bonds is 13. The topological polar surface area (TPSA) is 49.3 Å². The van der Waals surface area contributed by atoms with Gasteiger partial charge in [-0.05, 0) is 74.4 Å². The summed E-state index contributed by atoms with van der Waals surface area (Å²) in [5.74, 6) is 1.72. The fraction of sp³-hybridized carbons (Fsp3) is 0.400. The van der Waals surface area contributed by atoms with E-state index in [1.807, 2.05) is 57.2 Å². The molecule has 0 heterocycles. The number of oxime groups is 1. The van der Waals surface area contributed by atoms with Gasteiger partial charge in [0.2, 0.25) is 0 Å². The molecule has 0 N–H and O–H groups in total. The van der Waals surface area contributed by atoms with Crippen LogP contribution < -0.4 is 9.47 Å². The molecule has 0 spiro atoms. The highest BCUT2D eigenvalue weighted by Crippen LogP contribution is 2.28. The van der Waals surface area contributed by atoms with E-state index in [2.05, 4.69) is 22.1 Å². The fourth-order valence-corrected chi connectivity index (χ4v) is 3.04. The average Bonchev–Trinajstić information content (AvgIpc) is 2.74. The van der Waals surface area contributed by atoms with Gasteiger partial charge in [-0.25, -0.2) is 0 Å². The molecule has 0 saturated carbocycles. The lowest BCUT2D eigenvalue weighted by Crippen LogP contribution is -2.06. The van der Waals surface area contributed by atoms with Gasteiger partial charge in [0.25, 0.3) is 0 Å². The molecule has 2 aromatic carbocycles. The average molecular weight is 412 g/mol. The summed E-state index contributed by atoms with van der Waals surface area (Å²) in [4.78, 5) is 4.69. The number of nitrogens with zero attached hydrogens (tertiary/aromatic N) is 1. The maximum absolute atomic E-state index is 5.84. The molecule has 2 aromatic rings. The summed E-state index contributed by atoms with van der Waals surface area (Å²) in [5.41, 5.74) is 4.44. The SMILES string of the molecule is C/C=C/COc1cc(C)c(OCOCCCCc2ccc(C=NOC)cc2)c(C)c1. The van der Waals surface area contributed by atoms with Crippen molar-refractivity contribution in [3.05, 3.63) is 70.8 Å². The minimum Gasteiger partial charge on any atom is -0.490 e. The lowest BCUT2D eigenvalue weighted by molar-refractivity contribution is 0.0129. The van der Waals surface area contributed by atoms with Gasteiger partial charge in [-0.3, -0.25) is 0 Å². The Morgan fingerprint density at radius 1 is 0.967 bits per heavy atom. The molecule has 162 valence electrons. The van der Waals surface area contributed by atoms with Crippen LogP contribution in [0.1, 0.15) is 42.0 Å². The van der Waals surface area contributed by atoms with Crippen LogP contribution in [-0.2, 0) is 16.0 Å². The highest BCUT2D eigenvalue weighted by atomic mass is 16.7. The van der Waals surface area contributed by atoms with Gasteiger partial charge in [0.15, 0.2) is 6.79 Å². The molecule has 0 unspecified atom stereocenters. The Bertz CT molecular complexity index is 789. The lowest BCUT2D eigenvalue weighted by atomic mass is 10.1. The molecule has 0 aliphatic heterocycles. The molecule has 0 atom stereocenters. The van der Waals surface area contributed by atoms with Crippen molar-refractivity contribution in [2.24, 2.45) is 5.16 Å². The molecule has 5 nitrogen and oxygen atoms in total. The second kappa shape index (κ2) is 13.4. The van der Waals surface area contributed by atoms with Crippen LogP contribution in [0.4, 0.5) is 0 Å². The van der Waals surface area contributed by atoms with Crippen LogP contribution in [0.5, 0.6) is 11.5 Å². The molecule has 2 rings (SSSR count). The van der Waals surface area contributed by atoms with Crippen molar-refractivity contribution in [2.75, 3.05) is 27.1 Å². The van der Waals surface area contributed by atoms with Crippen molar-refractivity contribution in [1.29, 1.82) is 0 Å². The van der Waals surface area contributed by atoms with E-state index in [4.69, 9.17) is 14.2 Å². The van der Waals surface area contributed by atoms with E-state index in [0.717, 1.165) is 47.5 Å². The largest absolute Gasteiger partial charge is 0.490 e. The number of benzene rings is 2. The number of ether oxygens (including phenoxy) is 3. The molecular formula is C25H33NO4. The molecule has 0 saturated heterocycles. The standard InChI is InChI=1S/C25H33NO4/c1-5-6-15-29-24-16-20(2)25(21(3)17-24)30-19-28-14-8-7-9-22-10-12-23(13-11-22)18-26-27-4/h5-6,10-13,16-18H,7-9,14-15,19H2,1-4H3/b6-5+,26-18?. The van der Waals surface area contributed by atoms with Crippen molar-refractivity contribution in [2.45, 2.75) is 40.0 Å². The van der Waals surface area contributed by atoms with Crippen molar-refractivity contribution in [3.8, 4) is 11.5 Å². The minimum atomic E-state index is 0.258. The molecule has 0 bridgehead atoms. The summed E-state index contributed by atoms with van der Waals surface area (Å²) in [6, 6.07) is 12.3. The third-order valence-electron chi connectivity index (χ3n) is 4.59. The summed E-state index contributed by atoms with van der Waals surface area (Å²) >= 11 is 0. The Labute approximate surface area is 180 Å². The Balaban J connectivity index is 1.65. The van der Waals surface area contributed by atoms with Gasteiger partial charge in [0.05, 0.1) is 12.8 Å². The van der Waals surface area contributed by atoms with Crippen molar-refractivity contribution >= 4 is 6.21 Å². The molecule has 5 heteroatoms. The first-order valence-electron chi connectivity index (χ1n) is 10.3. The first-order chi connectivity index (χ1) is 14.6. The molecule has 30 heavy (non-hydrogen) atoms. The number of hydrogen-bond donors (Lipinski definition) is 0. The summed E-state index contributed by atoms with van der Waals surface area (Å²) in [6.07, 6.45) is 8.75. The lowest BCUT2D eigenvalue weighted by Gasteiger charge is -2.14. The van der Waals surface area contributed by atoms with Crippen molar-refractivity contribution < 1.29 is 19.0 Å². The second-order valence-corrected chi connectivity index (χ2v) is 7.05. The van der Waals surface area contributed by atoms with E-state index < -0.39 is 0 Å². The molecule has 0 amide bonds. The van der Waals surface area contributed by atoms with Gasteiger partial charge in [-0.2, -0.15) is 0 Å². The Kier molecular flexibility index (Phi) is 10.5. The fourth-order valence-electron chi connectivity index (χ4n) is 3.04. The van der Waals surface area contributed by atoms with Gasteiger partial charge >= 0.3 is 0 Å². The van der Waals surface area contributed by atoms with Crippen LogP contribution in [-0.4, -0.2) is 33.3 Å². The highest BCUT2D eigenvalue weighted by Gasteiger charge is 2.07. The van der Waals surface area contributed by atoms with E-state index in [9.17, 15) is 0 Å². The van der Waals surface area contributed by atoms with Gasteiger partial charge in [-0.15, -0.1) is 0 Å². The monoisotopic (exact) mass is 411 g/mol.